The van der Waals surface area contributed by atoms with E-state index in [1.807, 2.05) is 42.6 Å². The van der Waals surface area contributed by atoms with Crippen molar-refractivity contribution in [1.29, 1.82) is 0 Å². The lowest BCUT2D eigenvalue weighted by Crippen LogP contribution is -2.19. The summed E-state index contributed by atoms with van der Waals surface area (Å²) < 4.78 is 1.48. The second-order valence-electron chi connectivity index (χ2n) is 5.97. The minimum absolute atomic E-state index is 0.0241. The van der Waals surface area contributed by atoms with Crippen LogP contribution >= 0.6 is 23.1 Å². The number of carbonyl (C=O) groups excluding carboxylic acids is 1. The van der Waals surface area contributed by atoms with Crippen molar-refractivity contribution in [3.8, 4) is 0 Å². The number of hydrogen-bond acceptors (Lipinski definition) is 7. The van der Waals surface area contributed by atoms with Gasteiger partial charge >= 0.3 is 0 Å². The first-order valence-corrected chi connectivity index (χ1v) is 10.1. The quantitative estimate of drug-likeness (QED) is 0.397. The Hall–Kier alpha value is -2.78. The van der Waals surface area contributed by atoms with Crippen molar-refractivity contribution in [2.45, 2.75) is 18.5 Å². The van der Waals surface area contributed by atoms with Crippen molar-refractivity contribution >= 4 is 34.7 Å². The molecule has 0 aliphatic rings. The number of aromatic nitrogens is 5. The third kappa shape index (κ3) is 3.83. The molecule has 0 amide bonds. The average molecular weight is 397 g/mol. The molecule has 0 saturated carbocycles. The van der Waals surface area contributed by atoms with Gasteiger partial charge in [0.25, 0.3) is 11.3 Å². The van der Waals surface area contributed by atoms with Crippen LogP contribution in [0.25, 0.3) is 5.78 Å². The van der Waals surface area contributed by atoms with Crippen molar-refractivity contribution in [3.63, 3.8) is 0 Å². The topological polar surface area (TPSA) is 93.0 Å². The van der Waals surface area contributed by atoms with Crippen LogP contribution in [0.1, 0.15) is 26.5 Å². The molecule has 0 saturated heterocycles. The number of H-pyrrole nitrogens is 1. The average Bonchev–Trinajstić information content (AvgIpc) is 3.32. The summed E-state index contributed by atoms with van der Waals surface area (Å²) in [5.41, 5.74) is 2.23. The lowest BCUT2D eigenvalue weighted by atomic mass is 10.1. The normalized spacial score (nSPS) is 11.1. The minimum atomic E-state index is -0.290. The molecule has 7 nitrogen and oxygen atoms in total. The van der Waals surface area contributed by atoms with E-state index in [4.69, 9.17) is 0 Å². The standard InChI is InChI=1S/C18H15N5O2S2/c1-11-4-6-12(7-5-11)9-13-16(25)19-17-20-21-18(23(17)22-13)27-10-14(24)15-3-2-8-26-15/h2-8H,9-10H2,1H3,(H,19,20,25). The van der Waals surface area contributed by atoms with Gasteiger partial charge in [0.1, 0.15) is 5.69 Å². The zero-order chi connectivity index (χ0) is 18.8. The van der Waals surface area contributed by atoms with E-state index in [-0.39, 0.29) is 22.9 Å². The van der Waals surface area contributed by atoms with Crippen LogP contribution < -0.4 is 5.56 Å². The Kier molecular flexibility index (Phi) is 4.87. The molecule has 1 aromatic carbocycles. The number of hydrogen-bond donors (Lipinski definition) is 1. The summed E-state index contributed by atoms with van der Waals surface area (Å²) in [4.78, 5) is 27.9. The van der Waals surface area contributed by atoms with Gasteiger partial charge in [-0.3, -0.25) is 14.6 Å². The molecule has 0 aliphatic carbocycles. The number of ketones is 1. The van der Waals surface area contributed by atoms with Gasteiger partial charge in [-0.2, -0.15) is 9.61 Å². The largest absolute Gasteiger partial charge is 0.292 e. The molecule has 0 bridgehead atoms. The molecule has 0 radical (unpaired) electrons. The summed E-state index contributed by atoms with van der Waals surface area (Å²) in [6.45, 7) is 2.01. The molecule has 0 spiro atoms. The highest BCUT2D eigenvalue weighted by Gasteiger charge is 2.15. The highest BCUT2D eigenvalue weighted by molar-refractivity contribution is 7.99. The summed E-state index contributed by atoms with van der Waals surface area (Å²) in [6, 6.07) is 11.6. The number of nitrogens with one attached hydrogen (secondary N) is 1. The Morgan fingerprint density at radius 1 is 1.22 bits per heavy atom. The summed E-state index contributed by atoms with van der Waals surface area (Å²) in [6.07, 6.45) is 0.405. The number of aromatic amines is 1. The van der Waals surface area contributed by atoms with Gasteiger partial charge in [0.05, 0.1) is 10.6 Å². The fraction of sp³-hybridized carbons (Fsp3) is 0.167. The molecule has 27 heavy (non-hydrogen) atoms. The molecule has 0 aliphatic heterocycles. The highest BCUT2D eigenvalue weighted by atomic mass is 32.2. The van der Waals surface area contributed by atoms with Crippen LogP contribution in [-0.2, 0) is 6.42 Å². The maximum Gasteiger partial charge on any atom is 0.274 e. The third-order valence-electron chi connectivity index (χ3n) is 3.94. The van der Waals surface area contributed by atoms with E-state index >= 15 is 0 Å². The van der Waals surface area contributed by atoms with Crippen molar-refractivity contribution in [3.05, 3.63) is 73.8 Å². The van der Waals surface area contributed by atoms with Gasteiger partial charge in [-0.05, 0) is 23.9 Å². The van der Waals surface area contributed by atoms with E-state index < -0.39 is 0 Å². The highest BCUT2D eigenvalue weighted by Crippen LogP contribution is 2.19. The molecule has 0 fully saturated rings. The van der Waals surface area contributed by atoms with E-state index in [0.29, 0.717) is 22.1 Å². The van der Waals surface area contributed by atoms with Crippen LogP contribution in [0, 0.1) is 6.92 Å². The SMILES string of the molecule is Cc1ccc(Cc2nn3c(SCC(=O)c4cccs4)nnc3[nH]c2=O)cc1. The number of carbonyl (C=O) groups is 1. The Balaban J connectivity index is 1.58. The molecule has 0 atom stereocenters. The Bertz CT molecular complexity index is 1150. The molecule has 4 rings (SSSR count). The van der Waals surface area contributed by atoms with Crippen molar-refractivity contribution in [2.75, 3.05) is 5.75 Å². The van der Waals surface area contributed by atoms with Gasteiger partial charge < -0.3 is 0 Å². The van der Waals surface area contributed by atoms with Gasteiger partial charge in [-0.1, -0.05) is 47.7 Å². The number of Topliss-reactive ketones (excluding diaryl/α,β-unsaturated/α-hetero) is 1. The van der Waals surface area contributed by atoms with Crippen molar-refractivity contribution in [1.82, 2.24) is 24.8 Å². The van der Waals surface area contributed by atoms with Crippen LogP contribution in [0.15, 0.2) is 51.7 Å². The molecule has 3 heterocycles. The predicted octanol–water partition coefficient (Wildman–Crippen LogP) is 2.75. The molecular formula is C18H15N5O2S2. The minimum Gasteiger partial charge on any atom is -0.292 e. The predicted molar refractivity (Wildman–Crippen MR) is 105 cm³/mol. The Labute approximate surface area is 162 Å². The van der Waals surface area contributed by atoms with Crippen molar-refractivity contribution < 1.29 is 4.79 Å². The van der Waals surface area contributed by atoms with Crippen LogP contribution in [0.2, 0.25) is 0 Å². The molecule has 136 valence electrons. The number of aryl methyl sites for hydroxylation is 1. The van der Waals surface area contributed by atoms with Gasteiger partial charge in [0.2, 0.25) is 5.16 Å². The van der Waals surface area contributed by atoms with Crippen molar-refractivity contribution in [2.24, 2.45) is 0 Å². The molecule has 0 unspecified atom stereocenters. The summed E-state index contributed by atoms with van der Waals surface area (Å²) in [5, 5.41) is 14.7. The van der Waals surface area contributed by atoms with Gasteiger partial charge in [0.15, 0.2) is 5.78 Å². The van der Waals surface area contributed by atoms with E-state index in [1.165, 1.54) is 27.6 Å². The third-order valence-corrected chi connectivity index (χ3v) is 5.77. The van der Waals surface area contributed by atoms with E-state index in [2.05, 4.69) is 20.3 Å². The maximum absolute atomic E-state index is 12.3. The van der Waals surface area contributed by atoms with Crippen LogP contribution in [0.5, 0.6) is 0 Å². The molecule has 3 aromatic heterocycles. The maximum atomic E-state index is 12.3. The van der Waals surface area contributed by atoms with E-state index in [1.54, 1.807) is 6.07 Å². The molecule has 1 N–H and O–H groups in total. The molecule has 9 heteroatoms. The Morgan fingerprint density at radius 2 is 2.04 bits per heavy atom. The lowest BCUT2D eigenvalue weighted by Gasteiger charge is -2.03. The van der Waals surface area contributed by atoms with Gasteiger partial charge in [-0.15, -0.1) is 21.5 Å². The number of thiophene rings is 1. The zero-order valence-corrected chi connectivity index (χ0v) is 16.0. The van der Waals surface area contributed by atoms with E-state index in [9.17, 15) is 9.59 Å². The number of benzene rings is 1. The first-order valence-electron chi connectivity index (χ1n) is 8.20. The smallest absolute Gasteiger partial charge is 0.274 e. The van der Waals surface area contributed by atoms with Crippen LogP contribution in [0.3, 0.4) is 0 Å². The first-order chi connectivity index (χ1) is 13.1. The van der Waals surface area contributed by atoms with Gasteiger partial charge in [-0.25, -0.2) is 0 Å². The second-order valence-corrected chi connectivity index (χ2v) is 7.86. The fourth-order valence-corrected chi connectivity index (χ4v) is 4.04. The fourth-order valence-electron chi connectivity index (χ4n) is 2.52. The second kappa shape index (κ2) is 7.45. The summed E-state index contributed by atoms with van der Waals surface area (Å²) >= 11 is 2.66. The summed E-state index contributed by atoms with van der Waals surface area (Å²) in [5.74, 6) is 0.518. The number of fused-ring (bicyclic) bond motifs is 1. The number of rotatable bonds is 6. The number of thioether (sulfide) groups is 1. The first kappa shape index (κ1) is 17.6. The molecular weight excluding hydrogens is 382 g/mol. The Morgan fingerprint density at radius 3 is 2.78 bits per heavy atom. The lowest BCUT2D eigenvalue weighted by molar-refractivity contribution is 0.102. The van der Waals surface area contributed by atoms with Crippen LogP contribution in [-0.4, -0.2) is 36.3 Å². The molecule has 4 aromatic rings. The van der Waals surface area contributed by atoms with Crippen LogP contribution in [0.4, 0.5) is 0 Å². The van der Waals surface area contributed by atoms with E-state index in [0.717, 1.165) is 11.1 Å². The van der Waals surface area contributed by atoms with Gasteiger partial charge in [0, 0.05) is 6.42 Å². The summed E-state index contributed by atoms with van der Waals surface area (Å²) in [7, 11) is 0. The monoisotopic (exact) mass is 397 g/mol. The number of nitrogens with zero attached hydrogens (tertiary/aromatic N) is 4. The zero-order valence-electron chi connectivity index (χ0n) is 14.4.